The molecule has 12 rings (SSSR count). The second-order valence-electron chi connectivity index (χ2n) is 20.8. The van der Waals surface area contributed by atoms with E-state index in [1.54, 1.807) is 0 Å². The average molecular weight is 996 g/mol. The molecule has 1 aliphatic rings. The first-order valence-electron chi connectivity index (χ1n) is 27.5. The van der Waals surface area contributed by atoms with Crippen LogP contribution in [0.4, 0.5) is 5.69 Å². The molecule has 2 unspecified atom stereocenters. The van der Waals surface area contributed by atoms with Crippen LogP contribution in [0, 0.1) is 26.7 Å². The van der Waals surface area contributed by atoms with Crippen molar-refractivity contribution in [2.45, 2.75) is 66.7 Å². The Balaban J connectivity index is 0.000000418. The largest absolute Gasteiger partial charge is 0.253 e. The van der Waals surface area contributed by atoms with Gasteiger partial charge in [-0.05, 0) is 175 Å². The minimum absolute atomic E-state index is 0.221. The first kappa shape index (κ1) is 51.8. The van der Waals surface area contributed by atoms with E-state index < -0.39 is 0 Å². The number of allylic oxidation sites excluding steroid dienone is 5. The lowest BCUT2D eigenvalue weighted by molar-refractivity contribution is 0.727. The highest BCUT2D eigenvalue weighted by Crippen LogP contribution is 2.49. The Hall–Kier alpha value is -8.65. The molecule has 0 fully saturated rings. The van der Waals surface area contributed by atoms with Crippen molar-refractivity contribution in [1.82, 2.24) is 0 Å². The number of aryl methyl sites for hydroxylation is 3. The van der Waals surface area contributed by atoms with Gasteiger partial charge in [-0.15, -0.1) is 0 Å². The van der Waals surface area contributed by atoms with E-state index in [2.05, 4.69) is 272 Å². The maximum atomic E-state index is 5.00. The summed E-state index contributed by atoms with van der Waals surface area (Å²) >= 11 is 0. The van der Waals surface area contributed by atoms with Crippen molar-refractivity contribution in [2.24, 2.45) is 10.9 Å². The Morgan fingerprint density at radius 1 is 0.506 bits per heavy atom. The van der Waals surface area contributed by atoms with Crippen LogP contribution in [0.2, 0.25) is 0 Å². The topological polar surface area (TPSA) is 12.4 Å². The van der Waals surface area contributed by atoms with Crippen LogP contribution in [-0.4, -0.2) is 5.71 Å². The number of rotatable bonds is 10. The summed E-state index contributed by atoms with van der Waals surface area (Å²) in [4.78, 5) is 5.00. The summed E-state index contributed by atoms with van der Waals surface area (Å²) in [5.74, 6) is 0.990. The average Bonchev–Trinajstić information content (AvgIpc) is 3.50. The summed E-state index contributed by atoms with van der Waals surface area (Å²) in [6.07, 6.45) is 12.0. The second-order valence-corrected chi connectivity index (χ2v) is 20.8. The number of benzene rings is 11. The molecule has 0 saturated heterocycles. The molecule has 378 valence electrons. The Morgan fingerprint density at radius 2 is 1.05 bits per heavy atom. The van der Waals surface area contributed by atoms with Crippen LogP contribution in [0.1, 0.15) is 79.3 Å². The Morgan fingerprint density at radius 3 is 1.62 bits per heavy atom. The first-order valence-corrected chi connectivity index (χ1v) is 27.5. The molecule has 0 heterocycles. The molecule has 1 heteroatoms. The zero-order chi connectivity index (χ0) is 53.3. The van der Waals surface area contributed by atoms with Gasteiger partial charge in [0, 0.05) is 11.6 Å². The van der Waals surface area contributed by atoms with E-state index in [4.69, 9.17) is 11.6 Å². The molecule has 11 aromatic rings. The zero-order valence-corrected chi connectivity index (χ0v) is 45.6. The van der Waals surface area contributed by atoms with E-state index in [1.165, 1.54) is 116 Å². The second kappa shape index (κ2) is 23.9. The quantitative estimate of drug-likeness (QED) is 0.0956. The number of para-hydroxylation sites is 1. The smallest absolute Gasteiger partial charge is 0.0662 e. The third-order valence-corrected chi connectivity index (χ3v) is 15.3. The molecule has 0 N–H and O–H groups in total. The highest BCUT2D eigenvalue weighted by Gasteiger charge is 2.23. The molecular formula is C76H69N. The van der Waals surface area contributed by atoms with Gasteiger partial charge in [-0.1, -0.05) is 263 Å². The molecule has 0 saturated carbocycles. The standard InChI is InChI=1S/C62H51N.C7H10.C7H8/c1-6-17-51(50-24-11-7-18-40(50)2)42(4)48-34-36-56-58(38-48)61(54-27-15-22-46-20-9-12-25-52(46)54)57-37-35-49(39-59(57)62(56)55-28-16-23-47-21-10-13-26-53(47)55)45-32-30-44(31-33-45)43(5)63-60-29-14-8-19-41(60)3;2*1-7-5-3-2-4-6-7/h7-16,18-39,51H,4,6,17H2,1-3,5H3;2-5,7H,6H2,1H3;2-6H,1H3. The zero-order valence-electron chi connectivity index (χ0n) is 45.6. The molecule has 0 bridgehead atoms. The maximum Gasteiger partial charge on any atom is 0.0662 e. The van der Waals surface area contributed by atoms with Gasteiger partial charge < -0.3 is 0 Å². The van der Waals surface area contributed by atoms with Gasteiger partial charge >= 0.3 is 0 Å². The Kier molecular flexibility index (Phi) is 16.1. The van der Waals surface area contributed by atoms with E-state index >= 15 is 0 Å². The fourth-order valence-electron chi connectivity index (χ4n) is 11.1. The van der Waals surface area contributed by atoms with Crippen molar-refractivity contribution in [3.05, 3.63) is 289 Å². The van der Waals surface area contributed by atoms with E-state index in [9.17, 15) is 0 Å². The Labute approximate surface area is 457 Å². The molecule has 0 aromatic heterocycles. The lowest BCUT2D eigenvalue weighted by atomic mass is 9.79. The summed E-state index contributed by atoms with van der Waals surface area (Å²) in [6.45, 7) is 17.9. The first-order chi connectivity index (χ1) is 37.7. The molecule has 0 spiro atoms. The Bertz CT molecular complexity index is 3970. The molecule has 0 amide bonds. The summed E-state index contributed by atoms with van der Waals surface area (Å²) in [7, 11) is 0. The third-order valence-electron chi connectivity index (χ3n) is 15.3. The van der Waals surface area contributed by atoms with E-state index in [0.717, 1.165) is 35.7 Å². The third kappa shape index (κ3) is 11.5. The van der Waals surface area contributed by atoms with Crippen LogP contribution in [0.3, 0.4) is 0 Å². The maximum absolute atomic E-state index is 5.00. The number of hydrogen-bond acceptors (Lipinski definition) is 1. The van der Waals surface area contributed by atoms with Crippen molar-refractivity contribution < 1.29 is 0 Å². The minimum Gasteiger partial charge on any atom is -0.253 e. The van der Waals surface area contributed by atoms with Gasteiger partial charge in [0.2, 0.25) is 0 Å². The molecule has 77 heavy (non-hydrogen) atoms. The highest BCUT2D eigenvalue weighted by molar-refractivity contribution is 6.26. The molecule has 11 aromatic carbocycles. The van der Waals surface area contributed by atoms with Crippen LogP contribution >= 0.6 is 0 Å². The minimum atomic E-state index is 0.221. The monoisotopic (exact) mass is 996 g/mol. The van der Waals surface area contributed by atoms with Crippen molar-refractivity contribution >= 4 is 60.1 Å². The van der Waals surface area contributed by atoms with Gasteiger partial charge in [-0.25, -0.2) is 0 Å². The van der Waals surface area contributed by atoms with Crippen LogP contribution in [-0.2, 0) is 0 Å². The summed E-state index contributed by atoms with van der Waals surface area (Å²) in [5.41, 5.74) is 18.0. The normalized spacial score (nSPS) is 13.5. The van der Waals surface area contributed by atoms with Crippen LogP contribution in [0.25, 0.3) is 82.0 Å². The fourth-order valence-corrected chi connectivity index (χ4v) is 11.1. The van der Waals surface area contributed by atoms with Crippen molar-refractivity contribution in [2.75, 3.05) is 0 Å². The number of hydrogen-bond donors (Lipinski definition) is 0. The molecular weight excluding hydrogens is 927 g/mol. The number of aliphatic imine (C=N–C) groups is 1. The highest BCUT2D eigenvalue weighted by atomic mass is 14.7. The van der Waals surface area contributed by atoms with Crippen LogP contribution in [0.5, 0.6) is 0 Å². The summed E-state index contributed by atoms with van der Waals surface area (Å²) in [6, 6.07) is 81.8. The van der Waals surface area contributed by atoms with Crippen LogP contribution < -0.4 is 0 Å². The SMILES string of the molecule is C=C(c1ccc2c(-c3cccc4ccccc34)c3cc(-c4ccc(C(C)=Nc5ccccc5C)cc4)ccc3c(-c3cccc4ccccc34)c2c1)C(CCC)c1ccccc1C.CC1C=CC=CC1.Cc1ccccc1. The van der Waals surface area contributed by atoms with E-state index in [-0.39, 0.29) is 5.92 Å². The van der Waals surface area contributed by atoms with Gasteiger partial charge in [-0.3, -0.25) is 4.99 Å². The van der Waals surface area contributed by atoms with Gasteiger partial charge in [-0.2, -0.15) is 0 Å². The molecule has 0 aliphatic heterocycles. The molecule has 1 aliphatic carbocycles. The van der Waals surface area contributed by atoms with Crippen molar-refractivity contribution in [3.8, 4) is 33.4 Å². The number of nitrogens with zero attached hydrogens (tertiary/aromatic N) is 1. The predicted molar refractivity (Wildman–Crippen MR) is 337 cm³/mol. The number of fused-ring (bicyclic) bond motifs is 4. The molecule has 0 radical (unpaired) electrons. The molecule has 1 nitrogen and oxygen atoms in total. The summed E-state index contributed by atoms with van der Waals surface area (Å²) in [5, 5.41) is 9.89. The van der Waals surface area contributed by atoms with Gasteiger partial charge in [0.05, 0.1) is 5.69 Å². The van der Waals surface area contributed by atoms with E-state index in [1.807, 2.05) is 18.2 Å². The lowest BCUT2D eigenvalue weighted by Gasteiger charge is -2.24. The van der Waals surface area contributed by atoms with Gasteiger partial charge in [0.1, 0.15) is 0 Å². The van der Waals surface area contributed by atoms with Crippen LogP contribution in [0.15, 0.2) is 260 Å². The lowest BCUT2D eigenvalue weighted by Crippen LogP contribution is -2.04. The van der Waals surface area contributed by atoms with E-state index in [0.29, 0.717) is 0 Å². The predicted octanol–water partition coefficient (Wildman–Crippen LogP) is 21.8. The fraction of sp³-hybridized carbons (Fsp3) is 0.145. The molecule has 2 atom stereocenters. The van der Waals surface area contributed by atoms with Crippen molar-refractivity contribution in [1.29, 1.82) is 0 Å². The van der Waals surface area contributed by atoms with Gasteiger partial charge in [0.15, 0.2) is 0 Å². The summed E-state index contributed by atoms with van der Waals surface area (Å²) < 4.78 is 0. The van der Waals surface area contributed by atoms with Crippen molar-refractivity contribution in [3.63, 3.8) is 0 Å². The van der Waals surface area contributed by atoms with Gasteiger partial charge in [0.25, 0.3) is 0 Å².